The first-order valence-corrected chi connectivity index (χ1v) is 5.98. The summed E-state index contributed by atoms with van der Waals surface area (Å²) in [5, 5.41) is 0. The zero-order valence-corrected chi connectivity index (χ0v) is 10.9. The minimum Gasteiger partial charge on any atom is -0.493 e. The second-order valence-corrected chi connectivity index (χ2v) is 3.98. The molecule has 0 aliphatic heterocycles. The summed E-state index contributed by atoms with van der Waals surface area (Å²) in [4.78, 5) is 11.3. The number of ketones is 1. The van der Waals surface area contributed by atoms with Crippen molar-refractivity contribution in [3.05, 3.63) is 23.8 Å². The Morgan fingerprint density at radius 3 is 2.35 bits per heavy atom. The van der Waals surface area contributed by atoms with E-state index in [9.17, 15) is 4.79 Å². The predicted molar refractivity (Wildman–Crippen MR) is 68.0 cm³/mol. The SMILES string of the molecule is CCC(CC)Oc1ccc(C(C)=O)cc1OC. The lowest BCUT2D eigenvalue weighted by Gasteiger charge is -2.18. The standard InChI is InChI=1S/C14H20O3/c1-5-12(6-2)17-13-8-7-11(10(3)15)9-14(13)16-4/h7-9,12H,5-6H2,1-4H3. The molecule has 0 spiro atoms. The molecule has 94 valence electrons. The van der Waals surface area contributed by atoms with Gasteiger partial charge in [-0.25, -0.2) is 0 Å². The van der Waals surface area contributed by atoms with Gasteiger partial charge in [0.2, 0.25) is 0 Å². The van der Waals surface area contributed by atoms with E-state index in [0.29, 0.717) is 17.1 Å². The molecule has 0 aliphatic rings. The van der Waals surface area contributed by atoms with Gasteiger partial charge in [-0.1, -0.05) is 13.8 Å². The highest BCUT2D eigenvalue weighted by Gasteiger charge is 2.12. The van der Waals surface area contributed by atoms with Crippen LogP contribution < -0.4 is 9.47 Å². The van der Waals surface area contributed by atoms with Crippen molar-refractivity contribution in [1.29, 1.82) is 0 Å². The van der Waals surface area contributed by atoms with Crippen LogP contribution in [0.5, 0.6) is 11.5 Å². The molecule has 0 saturated heterocycles. The summed E-state index contributed by atoms with van der Waals surface area (Å²) in [7, 11) is 1.58. The Morgan fingerprint density at radius 1 is 1.24 bits per heavy atom. The highest BCUT2D eigenvalue weighted by molar-refractivity contribution is 5.94. The van der Waals surface area contributed by atoms with Crippen molar-refractivity contribution in [2.75, 3.05) is 7.11 Å². The number of hydrogen-bond donors (Lipinski definition) is 0. The van der Waals surface area contributed by atoms with E-state index >= 15 is 0 Å². The maximum absolute atomic E-state index is 11.3. The average Bonchev–Trinajstić information content (AvgIpc) is 2.35. The fourth-order valence-corrected chi connectivity index (χ4v) is 1.62. The van der Waals surface area contributed by atoms with E-state index in [1.807, 2.05) is 0 Å². The van der Waals surface area contributed by atoms with Gasteiger partial charge in [-0.3, -0.25) is 4.79 Å². The second kappa shape index (κ2) is 6.28. The number of rotatable bonds is 6. The van der Waals surface area contributed by atoms with Gasteiger partial charge in [-0.15, -0.1) is 0 Å². The molecular formula is C14H20O3. The minimum atomic E-state index is 0.0254. The molecule has 0 aliphatic carbocycles. The lowest BCUT2D eigenvalue weighted by Crippen LogP contribution is -2.14. The third-order valence-electron chi connectivity index (χ3n) is 2.77. The molecule has 1 aromatic rings. The summed E-state index contributed by atoms with van der Waals surface area (Å²) in [5.74, 6) is 1.34. The normalized spacial score (nSPS) is 10.4. The van der Waals surface area contributed by atoms with E-state index in [1.165, 1.54) is 6.92 Å². The Balaban J connectivity index is 2.96. The van der Waals surface area contributed by atoms with E-state index in [4.69, 9.17) is 9.47 Å². The predicted octanol–water partition coefficient (Wildman–Crippen LogP) is 3.47. The Morgan fingerprint density at radius 2 is 1.88 bits per heavy atom. The van der Waals surface area contributed by atoms with Crippen LogP contribution in [-0.4, -0.2) is 19.0 Å². The smallest absolute Gasteiger partial charge is 0.161 e. The summed E-state index contributed by atoms with van der Waals surface area (Å²) in [6, 6.07) is 5.29. The third-order valence-corrected chi connectivity index (χ3v) is 2.77. The molecule has 0 radical (unpaired) electrons. The van der Waals surface area contributed by atoms with Crippen LogP contribution in [0.1, 0.15) is 44.0 Å². The van der Waals surface area contributed by atoms with Gasteiger partial charge in [0.15, 0.2) is 17.3 Å². The summed E-state index contributed by atoms with van der Waals surface area (Å²) in [5.41, 5.74) is 0.638. The Labute approximate surface area is 103 Å². The van der Waals surface area contributed by atoms with Crippen LogP contribution in [0, 0.1) is 0 Å². The van der Waals surface area contributed by atoms with Crippen molar-refractivity contribution < 1.29 is 14.3 Å². The van der Waals surface area contributed by atoms with E-state index in [-0.39, 0.29) is 11.9 Å². The van der Waals surface area contributed by atoms with E-state index in [2.05, 4.69) is 13.8 Å². The number of Topliss-reactive ketones (excluding diaryl/α,β-unsaturated/α-hetero) is 1. The van der Waals surface area contributed by atoms with Crippen molar-refractivity contribution in [1.82, 2.24) is 0 Å². The number of carbonyl (C=O) groups is 1. The van der Waals surface area contributed by atoms with E-state index in [1.54, 1.807) is 25.3 Å². The molecule has 0 aromatic heterocycles. The average molecular weight is 236 g/mol. The van der Waals surface area contributed by atoms with Gasteiger partial charge in [-0.2, -0.15) is 0 Å². The molecule has 3 nitrogen and oxygen atoms in total. The van der Waals surface area contributed by atoms with Gasteiger partial charge in [0, 0.05) is 5.56 Å². The summed E-state index contributed by atoms with van der Waals surface area (Å²) in [6.45, 7) is 5.71. The first-order chi connectivity index (χ1) is 8.12. The third kappa shape index (κ3) is 3.48. The number of ether oxygens (including phenoxy) is 2. The first-order valence-electron chi connectivity index (χ1n) is 5.98. The largest absolute Gasteiger partial charge is 0.493 e. The van der Waals surface area contributed by atoms with Crippen LogP contribution in [0.4, 0.5) is 0 Å². The van der Waals surface area contributed by atoms with Crippen LogP contribution in [-0.2, 0) is 0 Å². The molecule has 17 heavy (non-hydrogen) atoms. The molecule has 1 aromatic carbocycles. The fourth-order valence-electron chi connectivity index (χ4n) is 1.62. The molecule has 0 atom stereocenters. The van der Waals surface area contributed by atoms with Gasteiger partial charge in [0.05, 0.1) is 13.2 Å². The van der Waals surface area contributed by atoms with Crippen molar-refractivity contribution in [3.63, 3.8) is 0 Å². The number of hydrogen-bond acceptors (Lipinski definition) is 3. The summed E-state index contributed by atoms with van der Waals surface area (Å²) < 4.78 is 11.1. The summed E-state index contributed by atoms with van der Waals surface area (Å²) >= 11 is 0. The minimum absolute atomic E-state index is 0.0254. The first kappa shape index (κ1) is 13.6. The van der Waals surface area contributed by atoms with Gasteiger partial charge in [0.25, 0.3) is 0 Å². The Kier molecular flexibility index (Phi) is 5.01. The lowest BCUT2D eigenvalue weighted by atomic mass is 10.1. The van der Waals surface area contributed by atoms with Crippen molar-refractivity contribution in [2.45, 2.75) is 39.7 Å². The molecule has 0 heterocycles. The molecule has 0 saturated carbocycles. The number of methoxy groups -OCH3 is 1. The lowest BCUT2D eigenvalue weighted by molar-refractivity contribution is 0.101. The Hall–Kier alpha value is -1.51. The van der Waals surface area contributed by atoms with Crippen molar-refractivity contribution in [2.24, 2.45) is 0 Å². The van der Waals surface area contributed by atoms with E-state index in [0.717, 1.165) is 12.8 Å². The molecule has 3 heteroatoms. The molecular weight excluding hydrogens is 216 g/mol. The van der Waals surface area contributed by atoms with Crippen LogP contribution in [0.25, 0.3) is 0 Å². The maximum Gasteiger partial charge on any atom is 0.161 e. The Bertz CT molecular complexity index is 381. The van der Waals surface area contributed by atoms with Gasteiger partial charge in [-0.05, 0) is 38.0 Å². The van der Waals surface area contributed by atoms with Crippen LogP contribution in [0.2, 0.25) is 0 Å². The highest BCUT2D eigenvalue weighted by Crippen LogP contribution is 2.29. The van der Waals surface area contributed by atoms with Crippen molar-refractivity contribution >= 4 is 5.78 Å². The topological polar surface area (TPSA) is 35.5 Å². The highest BCUT2D eigenvalue weighted by atomic mass is 16.5. The number of carbonyl (C=O) groups excluding carboxylic acids is 1. The second-order valence-electron chi connectivity index (χ2n) is 3.98. The van der Waals surface area contributed by atoms with E-state index < -0.39 is 0 Å². The molecule has 0 fully saturated rings. The molecule has 0 N–H and O–H groups in total. The fraction of sp³-hybridized carbons (Fsp3) is 0.500. The molecule has 0 bridgehead atoms. The van der Waals surface area contributed by atoms with Gasteiger partial charge >= 0.3 is 0 Å². The summed E-state index contributed by atoms with van der Waals surface area (Å²) in [6.07, 6.45) is 2.09. The molecule has 0 amide bonds. The zero-order valence-electron chi connectivity index (χ0n) is 10.9. The van der Waals surface area contributed by atoms with Crippen LogP contribution >= 0.6 is 0 Å². The monoisotopic (exact) mass is 236 g/mol. The molecule has 0 unspecified atom stereocenters. The number of benzene rings is 1. The zero-order chi connectivity index (χ0) is 12.8. The van der Waals surface area contributed by atoms with Gasteiger partial charge < -0.3 is 9.47 Å². The molecule has 1 rings (SSSR count). The van der Waals surface area contributed by atoms with Crippen molar-refractivity contribution in [3.8, 4) is 11.5 Å². The quantitative estimate of drug-likeness (QED) is 0.709. The van der Waals surface area contributed by atoms with Crippen LogP contribution in [0.3, 0.4) is 0 Å². The van der Waals surface area contributed by atoms with Gasteiger partial charge in [0.1, 0.15) is 0 Å². The van der Waals surface area contributed by atoms with Crippen LogP contribution in [0.15, 0.2) is 18.2 Å². The maximum atomic E-state index is 11.3.